The number of halogens is 1. The lowest BCUT2D eigenvalue weighted by atomic mass is 10.1. The Hall–Kier alpha value is -1.42. The molecule has 3 rings (SSSR count). The van der Waals surface area contributed by atoms with E-state index in [0.29, 0.717) is 24.4 Å². The summed E-state index contributed by atoms with van der Waals surface area (Å²) in [6.45, 7) is 0.393. The van der Waals surface area contributed by atoms with Gasteiger partial charge in [0.25, 0.3) is 0 Å². The van der Waals surface area contributed by atoms with Crippen molar-refractivity contribution in [2.45, 2.75) is 31.3 Å². The molecule has 3 nitrogen and oxygen atoms in total. The largest absolute Gasteiger partial charge is 0.391 e. The normalized spacial score (nSPS) is 26.1. The molecule has 1 aromatic carbocycles. The van der Waals surface area contributed by atoms with Crippen molar-refractivity contribution >= 4 is 5.91 Å². The van der Waals surface area contributed by atoms with E-state index in [2.05, 4.69) is 0 Å². The van der Waals surface area contributed by atoms with E-state index in [9.17, 15) is 14.3 Å². The lowest BCUT2D eigenvalue weighted by molar-refractivity contribution is -0.132. The van der Waals surface area contributed by atoms with Gasteiger partial charge >= 0.3 is 0 Å². The Morgan fingerprint density at radius 2 is 2.15 bits per heavy atom. The molecule has 0 heterocycles. The number of nitrogens with zero attached hydrogens (tertiary/aromatic N) is 1. The molecule has 108 valence electrons. The Morgan fingerprint density at radius 1 is 1.45 bits per heavy atom. The molecular formula is C16H20FNO2. The molecule has 2 aliphatic carbocycles. The molecule has 20 heavy (non-hydrogen) atoms. The van der Waals surface area contributed by atoms with Crippen LogP contribution in [0.5, 0.6) is 0 Å². The lowest BCUT2D eigenvalue weighted by Crippen LogP contribution is -2.36. The number of carbonyl (C=O) groups excluding carboxylic acids is 1. The van der Waals surface area contributed by atoms with E-state index in [1.54, 1.807) is 30.1 Å². The topological polar surface area (TPSA) is 40.5 Å². The summed E-state index contributed by atoms with van der Waals surface area (Å²) < 4.78 is 13.7. The van der Waals surface area contributed by atoms with Gasteiger partial charge in [0, 0.05) is 19.5 Å². The monoisotopic (exact) mass is 277 g/mol. The van der Waals surface area contributed by atoms with Crippen molar-refractivity contribution < 1.29 is 14.3 Å². The maximum absolute atomic E-state index is 13.7. The smallest absolute Gasteiger partial charge is 0.226 e. The maximum Gasteiger partial charge on any atom is 0.226 e. The molecule has 1 aromatic rings. The van der Waals surface area contributed by atoms with Crippen molar-refractivity contribution in [3.63, 3.8) is 0 Å². The minimum absolute atomic E-state index is 0.00391. The number of carbonyl (C=O) groups is 1. The van der Waals surface area contributed by atoms with E-state index >= 15 is 0 Å². The first-order chi connectivity index (χ1) is 9.58. The highest BCUT2D eigenvalue weighted by molar-refractivity contribution is 5.82. The molecule has 0 aliphatic heterocycles. The van der Waals surface area contributed by atoms with Gasteiger partial charge in [-0.05, 0) is 42.7 Å². The summed E-state index contributed by atoms with van der Waals surface area (Å²) in [5, 5.41) is 9.88. The van der Waals surface area contributed by atoms with Gasteiger partial charge in [0.2, 0.25) is 5.91 Å². The number of hydrogen-bond acceptors (Lipinski definition) is 2. The average molecular weight is 277 g/mol. The molecule has 2 fully saturated rings. The molecule has 4 heteroatoms. The van der Waals surface area contributed by atoms with E-state index in [1.807, 2.05) is 0 Å². The third kappa shape index (κ3) is 2.70. The molecule has 0 bridgehead atoms. The standard InChI is InChI=1S/C16H20FNO2/c1-18(9-15(19)10-6-7-10)16(20)13-8-12(13)11-4-2-3-5-14(11)17/h2-5,10,12-13,15,19H,6-9H2,1H3/t12-,13-,15-/m0/s1. The third-order valence-corrected chi connectivity index (χ3v) is 4.42. The number of rotatable bonds is 5. The van der Waals surface area contributed by atoms with Crippen molar-refractivity contribution in [3.8, 4) is 0 Å². The second kappa shape index (κ2) is 5.17. The molecule has 0 unspecified atom stereocenters. The predicted molar refractivity (Wildman–Crippen MR) is 73.6 cm³/mol. The van der Waals surface area contributed by atoms with Crippen LogP contribution in [-0.2, 0) is 4.79 Å². The van der Waals surface area contributed by atoms with E-state index in [1.165, 1.54) is 6.07 Å². The summed E-state index contributed by atoms with van der Waals surface area (Å²) in [6, 6.07) is 6.66. The van der Waals surface area contributed by atoms with Crippen LogP contribution in [-0.4, -0.2) is 35.6 Å². The molecular weight excluding hydrogens is 257 g/mol. The SMILES string of the molecule is CN(C[C@H](O)C1CC1)C(=O)[C@H]1C[C@H]1c1ccccc1F. The van der Waals surface area contributed by atoms with Crippen molar-refractivity contribution in [2.75, 3.05) is 13.6 Å². The number of hydrogen-bond donors (Lipinski definition) is 1. The van der Waals surface area contributed by atoms with E-state index in [4.69, 9.17) is 0 Å². The molecule has 2 aliphatic rings. The fourth-order valence-electron chi connectivity index (χ4n) is 2.87. The van der Waals surface area contributed by atoms with Crippen LogP contribution in [0.25, 0.3) is 0 Å². The molecule has 0 spiro atoms. The zero-order valence-electron chi connectivity index (χ0n) is 11.6. The molecule has 0 saturated heterocycles. The Morgan fingerprint density at radius 3 is 2.80 bits per heavy atom. The molecule has 2 saturated carbocycles. The van der Waals surface area contributed by atoms with Crippen molar-refractivity contribution in [2.24, 2.45) is 11.8 Å². The highest BCUT2D eigenvalue weighted by Gasteiger charge is 2.46. The van der Waals surface area contributed by atoms with Gasteiger partial charge in [-0.2, -0.15) is 0 Å². The van der Waals surface area contributed by atoms with Crippen LogP contribution in [0.1, 0.15) is 30.7 Å². The molecule has 0 radical (unpaired) electrons. The Balaban J connectivity index is 1.58. The van der Waals surface area contributed by atoms with Crippen molar-refractivity contribution in [3.05, 3.63) is 35.6 Å². The first-order valence-electron chi connectivity index (χ1n) is 7.25. The summed E-state index contributed by atoms with van der Waals surface area (Å²) >= 11 is 0. The quantitative estimate of drug-likeness (QED) is 0.896. The molecule has 0 aromatic heterocycles. The van der Waals surface area contributed by atoms with E-state index in [-0.39, 0.29) is 23.6 Å². The third-order valence-electron chi connectivity index (χ3n) is 4.42. The first-order valence-corrected chi connectivity index (χ1v) is 7.25. The van der Waals surface area contributed by atoms with Gasteiger partial charge < -0.3 is 10.0 Å². The van der Waals surface area contributed by atoms with Crippen LogP contribution in [0.4, 0.5) is 4.39 Å². The zero-order valence-corrected chi connectivity index (χ0v) is 11.6. The van der Waals surface area contributed by atoms with Crippen LogP contribution >= 0.6 is 0 Å². The first kappa shape index (κ1) is 13.6. The summed E-state index contributed by atoms with van der Waals surface area (Å²) in [5.41, 5.74) is 0.641. The Bertz CT molecular complexity index is 515. The molecule has 1 N–H and O–H groups in total. The summed E-state index contributed by atoms with van der Waals surface area (Å²) in [4.78, 5) is 13.9. The minimum Gasteiger partial charge on any atom is -0.391 e. The number of benzene rings is 1. The van der Waals surface area contributed by atoms with Crippen LogP contribution in [0, 0.1) is 17.7 Å². The number of likely N-dealkylation sites (N-methyl/N-ethyl adjacent to an activating group) is 1. The maximum atomic E-state index is 13.7. The van der Waals surface area contributed by atoms with Crippen molar-refractivity contribution in [1.82, 2.24) is 4.90 Å². The minimum atomic E-state index is -0.408. The van der Waals surface area contributed by atoms with Gasteiger partial charge in [-0.3, -0.25) is 4.79 Å². The fourth-order valence-corrected chi connectivity index (χ4v) is 2.87. The van der Waals surface area contributed by atoms with Gasteiger partial charge in [-0.1, -0.05) is 18.2 Å². The van der Waals surface area contributed by atoms with Crippen LogP contribution in [0.15, 0.2) is 24.3 Å². The van der Waals surface area contributed by atoms with Gasteiger partial charge in [-0.15, -0.1) is 0 Å². The molecule has 1 amide bonds. The Kier molecular flexibility index (Phi) is 3.50. The summed E-state index contributed by atoms with van der Waals surface area (Å²) in [6.07, 6.45) is 2.42. The zero-order chi connectivity index (χ0) is 14.3. The van der Waals surface area contributed by atoms with Crippen molar-refractivity contribution in [1.29, 1.82) is 0 Å². The molecule has 3 atom stereocenters. The second-order valence-corrected chi connectivity index (χ2v) is 6.09. The van der Waals surface area contributed by atoms with Gasteiger partial charge in [0.15, 0.2) is 0 Å². The summed E-state index contributed by atoms with van der Waals surface area (Å²) in [5.74, 6) is 0.0470. The van der Waals surface area contributed by atoms with Gasteiger partial charge in [-0.25, -0.2) is 4.39 Å². The lowest BCUT2D eigenvalue weighted by Gasteiger charge is -2.21. The predicted octanol–water partition coefficient (Wildman–Crippen LogP) is 2.16. The highest BCUT2D eigenvalue weighted by atomic mass is 19.1. The van der Waals surface area contributed by atoms with Crippen LogP contribution in [0.2, 0.25) is 0 Å². The second-order valence-electron chi connectivity index (χ2n) is 6.09. The fraction of sp³-hybridized carbons (Fsp3) is 0.562. The van der Waals surface area contributed by atoms with E-state index in [0.717, 1.165) is 12.8 Å². The van der Waals surface area contributed by atoms with Gasteiger partial charge in [0.05, 0.1) is 6.10 Å². The summed E-state index contributed by atoms with van der Waals surface area (Å²) in [7, 11) is 1.73. The van der Waals surface area contributed by atoms with Crippen LogP contribution in [0.3, 0.4) is 0 Å². The Labute approximate surface area is 118 Å². The number of aliphatic hydroxyl groups is 1. The van der Waals surface area contributed by atoms with Gasteiger partial charge in [0.1, 0.15) is 5.82 Å². The highest BCUT2D eigenvalue weighted by Crippen LogP contribution is 2.49. The van der Waals surface area contributed by atoms with Crippen LogP contribution < -0.4 is 0 Å². The number of amides is 1. The van der Waals surface area contributed by atoms with E-state index < -0.39 is 6.10 Å². The number of aliphatic hydroxyl groups excluding tert-OH is 1. The average Bonchev–Trinajstić information content (AvgIpc) is 3.29.